The normalized spacial score (nSPS) is 36.3. The average molecular weight is 246 g/mol. The maximum atomic E-state index is 10.7. The van der Waals surface area contributed by atoms with Gasteiger partial charge in [-0.1, -0.05) is 27.0 Å². The van der Waals surface area contributed by atoms with Gasteiger partial charge in [0.25, 0.3) is 0 Å². The van der Waals surface area contributed by atoms with Crippen LogP contribution in [0.25, 0.3) is 0 Å². The van der Waals surface area contributed by atoms with Gasteiger partial charge in [-0.3, -0.25) is 9.59 Å². The third-order valence-electron chi connectivity index (χ3n) is 5.21. The summed E-state index contributed by atoms with van der Waals surface area (Å²) in [5.74, 6) is 2.29. The standard InChI is InChI=1S/C16H22O2/c1-10(8-17)5-12-6-15(16(12,3)4)14-7-13(14)11(2)9-18/h8-9,12-15H,1-2,5-7H2,3-4H3. The molecular formula is C16H22O2. The second-order valence-corrected chi connectivity index (χ2v) is 6.54. The lowest BCUT2D eigenvalue weighted by atomic mass is 9.51. The lowest BCUT2D eigenvalue weighted by molar-refractivity contribution is -0.106. The van der Waals surface area contributed by atoms with E-state index in [0.717, 1.165) is 37.4 Å². The molecule has 0 saturated heterocycles. The van der Waals surface area contributed by atoms with Crippen LogP contribution in [-0.2, 0) is 9.59 Å². The van der Waals surface area contributed by atoms with Crippen LogP contribution >= 0.6 is 0 Å². The molecule has 0 amide bonds. The molecule has 2 aliphatic rings. The van der Waals surface area contributed by atoms with E-state index in [4.69, 9.17) is 0 Å². The van der Waals surface area contributed by atoms with Crippen molar-refractivity contribution < 1.29 is 9.59 Å². The van der Waals surface area contributed by atoms with Crippen LogP contribution in [0.3, 0.4) is 0 Å². The van der Waals surface area contributed by atoms with E-state index in [-0.39, 0.29) is 5.41 Å². The van der Waals surface area contributed by atoms with Crippen molar-refractivity contribution in [3.8, 4) is 0 Å². The highest BCUT2D eigenvalue weighted by Gasteiger charge is 2.57. The Bertz CT molecular complexity index is 405. The fraction of sp³-hybridized carbons (Fsp3) is 0.625. The Hall–Kier alpha value is -1.18. The molecule has 0 aromatic heterocycles. The van der Waals surface area contributed by atoms with Crippen molar-refractivity contribution in [1.82, 2.24) is 0 Å². The minimum absolute atomic E-state index is 0.258. The zero-order valence-electron chi connectivity index (χ0n) is 11.3. The lowest BCUT2D eigenvalue weighted by Crippen LogP contribution is -2.46. The van der Waals surface area contributed by atoms with Crippen LogP contribution in [0.5, 0.6) is 0 Å². The summed E-state index contributed by atoms with van der Waals surface area (Å²) in [4.78, 5) is 21.4. The Labute approximate surface area is 109 Å². The molecule has 0 N–H and O–H groups in total. The summed E-state index contributed by atoms with van der Waals surface area (Å²) >= 11 is 0. The van der Waals surface area contributed by atoms with Gasteiger partial charge < -0.3 is 0 Å². The smallest absolute Gasteiger partial charge is 0.145 e. The van der Waals surface area contributed by atoms with E-state index in [0.29, 0.717) is 29.2 Å². The second-order valence-electron chi connectivity index (χ2n) is 6.54. The first-order chi connectivity index (χ1) is 8.41. The second kappa shape index (κ2) is 4.49. The molecule has 2 aliphatic carbocycles. The number of hydrogen-bond donors (Lipinski definition) is 0. The van der Waals surface area contributed by atoms with Crippen LogP contribution < -0.4 is 0 Å². The molecule has 2 nitrogen and oxygen atoms in total. The SMILES string of the molecule is C=C(C=O)CC1CC(C2CC2C(=C)C=O)C1(C)C. The highest BCUT2D eigenvalue weighted by atomic mass is 16.1. The highest BCUT2D eigenvalue weighted by Crippen LogP contribution is 2.64. The predicted molar refractivity (Wildman–Crippen MR) is 72.0 cm³/mol. The van der Waals surface area contributed by atoms with E-state index in [1.54, 1.807) is 0 Å². The van der Waals surface area contributed by atoms with Gasteiger partial charge in [0.2, 0.25) is 0 Å². The van der Waals surface area contributed by atoms with Crippen molar-refractivity contribution in [2.45, 2.75) is 33.1 Å². The van der Waals surface area contributed by atoms with Crippen molar-refractivity contribution in [3.05, 3.63) is 24.3 Å². The van der Waals surface area contributed by atoms with E-state index in [1.807, 2.05) is 0 Å². The molecule has 2 saturated carbocycles. The fourth-order valence-electron chi connectivity index (χ4n) is 3.67. The third-order valence-corrected chi connectivity index (χ3v) is 5.21. The largest absolute Gasteiger partial charge is 0.298 e. The quantitative estimate of drug-likeness (QED) is 0.533. The lowest BCUT2D eigenvalue weighted by Gasteiger charge is -2.53. The van der Waals surface area contributed by atoms with Gasteiger partial charge in [-0.15, -0.1) is 0 Å². The Morgan fingerprint density at radius 3 is 2.39 bits per heavy atom. The highest BCUT2D eigenvalue weighted by molar-refractivity contribution is 5.74. The number of rotatable bonds is 6. The summed E-state index contributed by atoms with van der Waals surface area (Å²) in [6.45, 7) is 12.2. The van der Waals surface area contributed by atoms with Gasteiger partial charge in [0.05, 0.1) is 0 Å². The van der Waals surface area contributed by atoms with Crippen LogP contribution in [0.2, 0.25) is 0 Å². The molecule has 0 aliphatic heterocycles. The van der Waals surface area contributed by atoms with Gasteiger partial charge in [-0.2, -0.15) is 0 Å². The Morgan fingerprint density at radius 1 is 1.22 bits per heavy atom. The molecule has 0 heterocycles. The van der Waals surface area contributed by atoms with E-state index < -0.39 is 0 Å². The van der Waals surface area contributed by atoms with Gasteiger partial charge in [-0.25, -0.2) is 0 Å². The monoisotopic (exact) mass is 246 g/mol. The van der Waals surface area contributed by atoms with Crippen LogP contribution in [0, 0.1) is 29.1 Å². The molecule has 4 atom stereocenters. The molecule has 0 spiro atoms. The Morgan fingerprint density at radius 2 is 1.89 bits per heavy atom. The number of carbonyl (C=O) groups excluding carboxylic acids is 2. The third kappa shape index (κ3) is 2.09. The Kier molecular flexibility index (Phi) is 3.31. The molecule has 2 rings (SSSR count). The molecule has 0 aromatic rings. The summed E-state index contributed by atoms with van der Waals surface area (Å²) in [6.07, 6.45) is 4.87. The maximum absolute atomic E-state index is 10.7. The summed E-state index contributed by atoms with van der Waals surface area (Å²) in [5, 5.41) is 0. The van der Waals surface area contributed by atoms with Crippen molar-refractivity contribution in [1.29, 1.82) is 0 Å². The van der Waals surface area contributed by atoms with Crippen molar-refractivity contribution in [2.75, 3.05) is 0 Å². The molecule has 4 unspecified atom stereocenters. The first-order valence-corrected chi connectivity index (χ1v) is 6.68. The van der Waals surface area contributed by atoms with E-state index in [2.05, 4.69) is 27.0 Å². The maximum Gasteiger partial charge on any atom is 0.145 e. The molecule has 2 heteroatoms. The number of hydrogen-bond acceptors (Lipinski definition) is 2. The van der Waals surface area contributed by atoms with Gasteiger partial charge >= 0.3 is 0 Å². The predicted octanol–water partition coefficient (Wildman–Crippen LogP) is 3.19. The molecule has 0 bridgehead atoms. The first-order valence-electron chi connectivity index (χ1n) is 6.68. The van der Waals surface area contributed by atoms with Gasteiger partial charge in [0, 0.05) is 0 Å². The van der Waals surface area contributed by atoms with E-state index in [9.17, 15) is 9.59 Å². The minimum Gasteiger partial charge on any atom is -0.298 e. The van der Waals surface area contributed by atoms with Gasteiger partial charge in [-0.05, 0) is 59.5 Å². The minimum atomic E-state index is 0.258. The number of carbonyl (C=O) groups is 2. The van der Waals surface area contributed by atoms with Crippen LogP contribution in [-0.4, -0.2) is 12.6 Å². The van der Waals surface area contributed by atoms with E-state index >= 15 is 0 Å². The number of aldehydes is 2. The van der Waals surface area contributed by atoms with Crippen molar-refractivity contribution in [3.63, 3.8) is 0 Å². The zero-order valence-corrected chi connectivity index (χ0v) is 11.3. The molecule has 0 aromatic carbocycles. The fourth-order valence-corrected chi connectivity index (χ4v) is 3.67. The summed E-state index contributed by atoms with van der Waals surface area (Å²) < 4.78 is 0. The van der Waals surface area contributed by atoms with Crippen LogP contribution in [0.4, 0.5) is 0 Å². The summed E-state index contributed by atoms with van der Waals surface area (Å²) in [5.41, 5.74) is 1.72. The molecule has 98 valence electrons. The van der Waals surface area contributed by atoms with Crippen LogP contribution in [0.15, 0.2) is 24.3 Å². The Balaban J connectivity index is 1.92. The number of allylic oxidation sites excluding steroid dienone is 2. The average Bonchev–Trinajstić information content (AvgIpc) is 3.12. The molecule has 0 radical (unpaired) electrons. The van der Waals surface area contributed by atoms with Crippen LogP contribution in [0.1, 0.15) is 33.1 Å². The summed E-state index contributed by atoms with van der Waals surface area (Å²) in [7, 11) is 0. The molecule has 18 heavy (non-hydrogen) atoms. The van der Waals surface area contributed by atoms with Crippen molar-refractivity contribution >= 4 is 12.6 Å². The zero-order chi connectivity index (χ0) is 13.5. The van der Waals surface area contributed by atoms with Gasteiger partial charge in [0.15, 0.2) is 0 Å². The van der Waals surface area contributed by atoms with E-state index in [1.165, 1.54) is 0 Å². The molecular weight excluding hydrogens is 224 g/mol. The summed E-state index contributed by atoms with van der Waals surface area (Å²) in [6, 6.07) is 0. The van der Waals surface area contributed by atoms with Gasteiger partial charge in [0.1, 0.15) is 12.6 Å². The van der Waals surface area contributed by atoms with Crippen molar-refractivity contribution in [2.24, 2.45) is 29.1 Å². The molecule has 2 fully saturated rings. The topological polar surface area (TPSA) is 34.1 Å². The first kappa shape index (κ1) is 13.3.